The van der Waals surface area contributed by atoms with Crippen molar-refractivity contribution in [2.45, 2.75) is 6.92 Å². The minimum atomic E-state index is -1.04. The van der Waals surface area contributed by atoms with Crippen molar-refractivity contribution >= 4 is 33.9 Å². The number of carbonyl (C=O) groups is 2. The van der Waals surface area contributed by atoms with E-state index in [1.54, 1.807) is 30.1 Å². The van der Waals surface area contributed by atoms with E-state index in [0.717, 1.165) is 10.5 Å². The molecule has 0 saturated heterocycles. The molecule has 0 saturated carbocycles. The highest BCUT2D eigenvalue weighted by Crippen LogP contribution is 2.24. The highest BCUT2D eigenvalue weighted by Gasteiger charge is 2.09. The summed E-state index contributed by atoms with van der Waals surface area (Å²) >= 11 is 3.31. The Labute approximate surface area is 126 Å². The lowest BCUT2D eigenvalue weighted by Crippen LogP contribution is -2.31. The Bertz CT molecular complexity index is 528. The maximum absolute atomic E-state index is 11.7. The monoisotopic (exact) mass is 341 g/mol. The van der Waals surface area contributed by atoms with Gasteiger partial charge < -0.3 is 14.7 Å². The molecule has 0 aliphatic rings. The average molecular weight is 342 g/mol. The number of likely N-dealkylation sites (N-methyl/N-ethyl adjacent to an activating group) is 1. The molecule has 1 aromatic carbocycles. The average Bonchev–Trinajstić information content (AvgIpc) is 2.42. The summed E-state index contributed by atoms with van der Waals surface area (Å²) in [5.41, 5.74) is 0.591. The van der Waals surface area contributed by atoms with Gasteiger partial charge in [-0.25, -0.2) is 4.79 Å². The van der Waals surface area contributed by atoms with Crippen LogP contribution in [0.1, 0.15) is 12.5 Å². The number of carbonyl (C=O) groups excluding carboxylic acids is 1. The minimum absolute atomic E-state index is 0.0834. The number of rotatable bonds is 6. The fraction of sp³-hybridized carbons (Fsp3) is 0.286. The molecule has 20 heavy (non-hydrogen) atoms. The number of nitrogens with zero attached hydrogens (tertiary/aromatic N) is 1. The second-order valence-corrected chi connectivity index (χ2v) is 4.97. The summed E-state index contributed by atoms with van der Waals surface area (Å²) < 4.78 is 6.25. The predicted octanol–water partition coefficient (Wildman–Crippen LogP) is 2.40. The molecule has 0 radical (unpaired) electrons. The van der Waals surface area contributed by atoms with Gasteiger partial charge in [-0.1, -0.05) is 15.9 Å². The van der Waals surface area contributed by atoms with Crippen LogP contribution in [0.2, 0.25) is 0 Å². The van der Waals surface area contributed by atoms with Crippen molar-refractivity contribution in [1.29, 1.82) is 0 Å². The fourth-order valence-electron chi connectivity index (χ4n) is 1.37. The quantitative estimate of drug-likeness (QED) is 0.807. The highest BCUT2D eigenvalue weighted by molar-refractivity contribution is 9.10. The van der Waals surface area contributed by atoms with Crippen molar-refractivity contribution in [3.05, 3.63) is 34.3 Å². The third-order valence-electron chi connectivity index (χ3n) is 2.63. The van der Waals surface area contributed by atoms with Crippen LogP contribution in [0, 0.1) is 0 Å². The molecule has 0 spiro atoms. The summed E-state index contributed by atoms with van der Waals surface area (Å²) in [4.78, 5) is 23.8. The number of hydrogen-bond acceptors (Lipinski definition) is 3. The molecule has 1 N–H and O–H groups in total. The highest BCUT2D eigenvalue weighted by atomic mass is 79.9. The molecule has 0 bridgehead atoms. The molecule has 1 rings (SSSR count). The number of hydrogen-bond donors (Lipinski definition) is 1. The van der Waals surface area contributed by atoms with Gasteiger partial charge in [0.15, 0.2) is 6.61 Å². The molecule has 6 heteroatoms. The smallest absolute Gasteiger partial charge is 0.328 e. The van der Waals surface area contributed by atoms with Crippen molar-refractivity contribution in [3.63, 3.8) is 0 Å². The molecule has 0 unspecified atom stereocenters. The van der Waals surface area contributed by atoms with E-state index in [1.165, 1.54) is 6.08 Å². The SMILES string of the molecule is CCN(C)C(=O)COc1ccc(Br)cc1/C=C/C(=O)O. The maximum atomic E-state index is 11.7. The third-order valence-corrected chi connectivity index (χ3v) is 3.12. The number of aliphatic carboxylic acids is 1. The number of amides is 1. The molecule has 5 nitrogen and oxygen atoms in total. The predicted molar refractivity (Wildman–Crippen MR) is 79.6 cm³/mol. The Hall–Kier alpha value is -1.82. The Morgan fingerprint density at radius 1 is 1.45 bits per heavy atom. The first kappa shape index (κ1) is 16.2. The number of ether oxygens (including phenoxy) is 1. The van der Waals surface area contributed by atoms with E-state index in [4.69, 9.17) is 9.84 Å². The van der Waals surface area contributed by atoms with Crippen LogP contribution in [0.25, 0.3) is 6.08 Å². The van der Waals surface area contributed by atoms with E-state index >= 15 is 0 Å². The summed E-state index contributed by atoms with van der Waals surface area (Å²) in [5.74, 6) is -0.718. The fourth-order valence-corrected chi connectivity index (χ4v) is 1.75. The van der Waals surface area contributed by atoms with Crippen molar-refractivity contribution < 1.29 is 19.4 Å². The van der Waals surface area contributed by atoms with Gasteiger partial charge in [0.05, 0.1) is 0 Å². The van der Waals surface area contributed by atoms with Gasteiger partial charge in [-0.05, 0) is 31.2 Å². The molecule has 0 atom stereocenters. The molecule has 0 aromatic heterocycles. The van der Waals surface area contributed by atoms with Crippen molar-refractivity contribution in [2.24, 2.45) is 0 Å². The maximum Gasteiger partial charge on any atom is 0.328 e. The van der Waals surface area contributed by atoms with E-state index in [2.05, 4.69) is 15.9 Å². The molecule has 0 aliphatic carbocycles. The summed E-state index contributed by atoms with van der Waals surface area (Å²) in [6.45, 7) is 2.40. The van der Waals surface area contributed by atoms with Gasteiger partial charge in [0.25, 0.3) is 5.91 Å². The lowest BCUT2D eigenvalue weighted by Gasteiger charge is -2.15. The van der Waals surface area contributed by atoms with Crippen LogP contribution in [0.3, 0.4) is 0 Å². The van der Waals surface area contributed by atoms with Gasteiger partial charge in [0, 0.05) is 29.7 Å². The number of carboxylic acid groups (broad SMARTS) is 1. The minimum Gasteiger partial charge on any atom is -0.483 e. The second-order valence-electron chi connectivity index (χ2n) is 4.05. The summed E-state index contributed by atoms with van der Waals surface area (Å²) in [7, 11) is 1.69. The Morgan fingerprint density at radius 2 is 2.15 bits per heavy atom. The van der Waals surface area contributed by atoms with E-state index in [9.17, 15) is 9.59 Å². The van der Waals surface area contributed by atoms with Gasteiger partial charge >= 0.3 is 5.97 Å². The van der Waals surface area contributed by atoms with Gasteiger partial charge in [-0.3, -0.25) is 4.79 Å². The molecule has 108 valence electrons. The first-order valence-corrected chi connectivity index (χ1v) is 6.80. The molecular weight excluding hydrogens is 326 g/mol. The van der Waals surface area contributed by atoms with E-state index in [-0.39, 0.29) is 12.5 Å². The zero-order chi connectivity index (χ0) is 15.1. The zero-order valence-corrected chi connectivity index (χ0v) is 12.9. The lowest BCUT2D eigenvalue weighted by molar-refractivity contribution is -0.132. The van der Waals surface area contributed by atoms with Crippen LogP contribution >= 0.6 is 15.9 Å². The van der Waals surface area contributed by atoms with Crippen LogP contribution in [0.15, 0.2) is 28.7 Å². The Balaban J connectivity index is 2.84. The third kappa shape index (κ3) is 5.05. The van der Waals surface area contributed by atoms with E-state index in [1.807, 2.05) is 6.92 Å². The van der Waals surface area contributed by atoms with Gasteiger partial charge in [-0.15, -0.1) is 0 Å². The van der Waals surface area contributed by atoms with Crippen LogP contribution < -0.4 is 4.74 Å². The summed E-state index contributed by atoms with van der Waals surface area (Å²) in [6, 6.07) is 5.18. The largest absolute Gasteiger partial charge is 0.483 e. The Kier molecular flexibility index (Phi) is 6.24. The van der Waals surface area contributed by atoms with Crippen LogP contribution in [-0.4, -0.2) is 42.1 Å². The van der Waals surface area contributed by atoms with Crippen molar-refractivity contribution in [3.8, 4) is 5.75 Å². The lowest BCUT2D eigenvalue weighted by atomic mass is 10.2. The standard InChI is InChI=1S/C14H16BrNO4/c1-3-16(2)13(17)9-20-12-6-5-11(15)8-10(12)4-7-14(18)19/h4-8H,3,9H2,1-2H3,(H,18,19)/b7-4+. The Morgan fingerprint density at radius 3 is 2.75 bits per heavy atom. The molecular formula is C14H16BrNO4. The first-order chi connectivity index (χ1) is 9.43. The number of benzene rings is 1. The van der Waals surface area contributed by atoms with E-state index in [0.29, 0.717) is 17.9 Å². The zero-order valence-electron chi connectivity index (χ0n) is 11.3. The van der Waals surface area contributed by atoms with E-state index < -0.39 is 5.97 Å². The normalized spacial score (nSPS) is 10.6. The summed E-state index contributed by atoms with van der Waals surface area (Å²) in [6.07, 6.45) is 2.45. The topological polar surface area (TPSA) is 66.8 Å². The summed E-state index contributed by atoms with van der Waals surface area (Å²) in [5, 5.41) is 8.66. The number of halogens is 1. The molecule has 1 aromatic rings. The second kappa shape index (κ2) is 7.69. The van der Waals surface area contributed by atoms with Crippen LogP contribution in [-0.2, 0) is 9.59 Å². The molecule has 1 amide bonds. The van der Waals surface area contributed by atoms with Crippen molar-refractivity contribution in [1.82, 2.24) is 4.90 Å². The van der Waals surface area contributed by atoms with Crippen LogP contribution in [0.5, 0.6) is 5.75 Å². The van der Waals surface area contributed by atoms with Gasteiger partial charge in [0.1, 0.15) is 5.75 Å². The van der Waals surface area contributed by atoms with Gasteiger partial charge in [0.2, 0.25) is 0 Å². The first-order valence-electron chi connectivity index (χ1n) is 6.01. The molecule has 0 fully saturated rings. The molecule has 0 aliphatic heterocycles. The van der Waals surface area contributed by atoms with Crippen molar-refractivity contribution in [2.75, 3.05) is 20.2 Å². The number of carboxylic acids is 1. The molecule has 0 heterocycles. The van der Waals surface area contributed by atoms with Gasteiger partial charge in [-0.2, -0.15) is 0 Å². The van der Waals surface area contributed by atoms with Crippen LogP contribution in [0.4, 0.5) is 0 Å².